The number of nitrogens with one attached hydrogen (secondary N) is 1. The van der Waals surface area contributed by atoms with E-state index in [1.165, 1.54) is 5.06 Å². The number of rotatable bonds is 10. The molecule has 0 rings (SSSR count). The summed E-state index contributed by atoms with van der Waals surface area (Å²) in [6.45, 7) is 5.75. The lowest BCUT2D eigenvalue weighted by Crippen LogP contribution is -2.42. The Labute approximate surface area is 121 Å². The van der Waals surface area contributed by atoms with Crippen LogP contribution in [0.15, 0.2) is 0 Å². The predicted molar refractivity (Wildman–Crippen MR) is 76.3 cm³/mol. The van der Waals surface area contributed by atoms with Crippen molar-refractivity contribution < 1.29 is 23.2 Å². The predicted octanol–water partition coefficient (Wildman–Crippen LogP) is 0.113. The average molecular weight is 310 g/mol. The van der Waals surface area contributed by atoms with Crippen LogP contribution in [0.1, 0.15) is 33.6 Å². The second-order valence-electron chi connectivity index (χ2n) is 4.96. The van der Waals surface area contributed by atoms with Crippen molar-refractivity contribution in [3.63, 3.8) is 0 Å². The number of hydrogen-bond donors (Lipinski definition) is 2. The van der Waals surface area contributed by atoms with Crippen LogP contribution in [0.3, 0.4) is 0 Å². The van der Waals surface area contributed by atoms with Gasteiger partial charge in [-0.15, -0.1) is 0 Å². The molecule has 0 aromatic heterocycles. The fourth-order valence-corrected chi connectivity index (χ4v) is 1.95. The highest BCUT2D eigenvalue weighted by Gasteiger charge is 2.22. The molecule has 0 aliphatic rings. The van der Waals surface area contributed by atoms with Crippen LogP contribution in [0.2, 0.25) is 0 Å². The lowest BCUT2D eigenvalue weighted by molar-refractivity contribution is -0.210. The molecular formula is C12H26N2O5S. The summed E-state index contributed by atoms with van der Waals surface area (Å²) in [5.41, 5.74) is 0. The Bertz CT molecular complexity index is 383. The lowest BCUT2D eigenvalue weighted by Gasteiger charge is -2.28. The lowest BCUT2D eigenvalue weighted by atomic mass is 10.2. The molecule has 0 bridgehead atoms. The Morgan fingerprint density at radius 1 is 1.40 bits per heavy atom. The molecule has 0 fully saturated rings. The normalized spacial score (nSPS) is 13.5. The molecule has 0 saturated carbocycles. The Kier molecular flexibility index (Phi) is 8.95. The zero-order valence-corrected chi connectivity index (χ0v) is 13.4. The van der Waals surface area contributed by atoms with Crippen molar-refractivity contribution in [3.8, 4) is 0 Å². The van der Waals surface area contributed by atoms with E-state index >= 15 is 0 Å². The minimum atomic E-state index is -3.34. The molecule has 0 aromatic rings. The van der Waals surface area contributed by atoms with Crippen LogP contribution in [-0.4, -0.2) is 56.6 Å². The number of sulfonamides is 1. The molecule has 1 atom stereocenters. The SMILES string of the molecule is CCCN(OC(CCO)CNS(C)(=O)=O)C(=O)C(C)C. The molecular weight excluding hydrogens is 284 g/mol. The van der Waals surface area contributed by atoms with E-state index in [0.29, 0.717) is 6.54 Å². The van der Waals surface area contributed by atoms with Crippen molar-refractivity contribution in [3.05, 3.63) is 0 Å². The first-order valence-corrected chi connectivity index (χ1v) is 8.64. The van der Waals surface area contributed by atoms with Crippen molar-refractivity contribution in [2.24, 2.45) is 5.92 Å². The highest BCUT2D eigenvalue weighted by Crippen LogP contribution is 2.08. The largest absolute Gasteiger partial charge is 0.396 e. The van der Waals surface area contributed by atoms with Gasteiger partial charge in [0.05, 0.1) is 6.26 Å². The summed E-state index contributed by atoms with van der Waals surface area (Å²) in [5.74, 6) is -0.367. The fourth-order valence-electron chi connectivity index (χ4n) is 1.47. The third-order valence-corrected chi connectivity index (χ3v) is 3.16. The highest BCUT2D eigenvalue weighted by atomic mass is 32.2. The molecule has 0 saturated heterocycles. The van der Waals surface area contributed by atoms with Crippen molar-refractivity contribution in [1.29, 1.82) is 0 Å². The van der Waals surface area contributed by atoms with E-state index in [1.54, 1.807) is 13.8 Å². The summed E-state index contributed by atoms with van der Waals surface area (Å²) >= 11 is 0. The van der Waals surface area contributed by atoms with E-state index in [0.717, 1.165) is 12.7 Å². The molecule has 1 unspecified atom stereocenters. The van der Waals surface area contributed by atoms with Crippen LogP contribution in [0.5, 0.6) is 0 Å². The van der Waals surface area contributed by atoms with Crippen molar-refractivity contribution >= 4 is 15.9 Å². The summed E-state index contributed by atoms with van der Waals surface area (Å²) in [5, 5.41) is 10.3. The number of aliphatic hydroxyl groups excluding tert-OH is 1. The van der Waals surface area contributed by atoms with Crippen LogP contribution in [-0.2, 0) is 19.7 Å². The zero-order chi connectivity index (χ0) is 15.8. The van der Waals surface area contributed by atoms with Crippen LogP contribution in [0, 0.1) is 5.92 Å². The van der Waals surface area contributed by atoms with E-state index < -0.39 is 16.1 Å². The van der Waals surface area contributed by atoms with Crippen LogP contribution in [0.25, 0.3) is 0 Å². The summed E-state index contributed by atoms with van der Waals surface area (Å²) < 4.78 is 24.5. The second-order valence-corrected chi connectivity index (χ2v) is 6.79. The van der Waals surface area contributed by atoms with Gasteiger partial charge in [-0.2, -0.15) is 0 Å². The van der Waals surface area contributed by atoms with E-state index in [9.17, 15) is 13.2 Å². The zero-order valence-electron chi connectivity index (χ0n) is 12.6. The number of aliphatic hydroxyl groups is 1. The topological polar surface area (TPSA) is 95.9 Å². The first-order chi connectivity index (χ1) is 9.21. The molecule has 0 heterocycles. The summed E-state index contributed by atoms with van der Waals surface area (Å²) in [4.78, 5) is 17.5. The van der Waals surface area contributed by atoms with E-state index in [4.69, 9.17) is 9.94 Å². The minimum absolute atomic E-state index is 0.0188. The molecule has 120 valence electrons. The van der Waals surface area contributed by atoms with Gasteiger partial charge in [0, 0.05) is 32.0 Å². The molecule has 0 radical (unpaired) electrons. The van der Waals surface area contributed by atoms with Gasteiger partial charge in [-0.25, -0.2) is 18.2 Å². The fraction of sp³-hybridized carbons (Fsp3) is 0.917. The van der Waals surface area contributed by atoms with Crippen LogP contribution >= 0.6 is 0 Å². The minimum Gasteiger partial charge on any atom is -0.396 e. The van der Waals surface area contributed by atoms with Crippen LogP contribution in [0.4, 0.5) is 0 Å². The molecule has 7 nitrogen and oxygen atoms in total. The van der Waals surface area contributed by atoms with Crippen molar-refractivity contribution in [2.45, 2.75) is 39.7 Å². The Morgan fingerprint density at radius 3 is 2.40 bits per heavy atom. The van der Waals surface area contributed by atoms with Gasteiger partial charge in [-0.1, -0.05) is 20.8 Å². The second kappa shape index (κ2) is 9.28. The number of carbonyl (C=O) groups excluding carboxylic acids is 1. The van der Waals surface area contributed by atoms with Gasteiger partial charge in [-0.05, 0) is 6.42 Å². The quantitative estimate of drug-likeness (QED) is 0.558. The maximum Gasteiger partial charge on any atom is 0.248 e. The van der Waals surface area contributed by atoms with E-state index in [2.05, 4.69) is 4.72 Å². The molecule has 0 aliphatic carbocycles. The average Bonchev–Trinajstić information content (AvgIpc) is 2.33. The Balaban J connectivity index is 4.68. The van der Waals surface area contributed by atoms with Gasteiger partial charge >= 0.3 is 0 Å². The van der Waals surface area contributed by atoms with Gasteiger partial charge in [0.25, 0.3) is 0 Å². The standard InChI is InChI=1S/C12H26N2O5S/c1-5-7-14(12(16)10(2)3)19-11(6-8-15)9-13-20(4,17)18/h10-11,13,15H,5-9H2,1-4H3. The van der Waals surface area contributed by atoms with Crippen molar-refractivity contribution in [2.75, 3.05) is 26.0 Å². The summed E-state index contributed by atoms with van der Waals surface area (Å²) in [6, 6.07) is 0. The molecule has 0 aromatic carbocycles. The molecule has 1 amide bonds. The first kappa shape index (κ1) is 19.3. The third-order valence-electron chi connectivity index (χ3n) is 2.47. The number of hydrogen-bond acceptors (Lipinski definition) is 5. The van der Waals surface area contributed by atoms with Gasteiger partial charge in [0.2, 0.25) is 15.9 Å². The Hall–Kier alpha value is -0.700. The number of amides is 1. The van der Waals surface area contributed by atoms with E-state index in [1.807, 2.05) is 6.92 Å². The first-order valence-electron chi connectivity index (χ1n) is 6.74. The van der Waals surface area contributed by atoms with Crippen LogP contribution < -0.4 is 4.72 Å². The molecule has 20 heavy (non-hydrogen) atoms. The molecule has 0 aliphatic heterocycles. The molecule has 0 spiro atoms. The number of nitrogens with zero attached hydrogens (tertiary/aromatic N) is 1. The van der Waals surface area contributed by atoms with E-state index in [-0.39, 0.29) is 31.4 Å². The molecule has 8 heteroatoms. The number of hydroxylamine groups is 2. The molecule has 2 N–H and O–H groups in total. The van der Waals surface area contributed by atoms with Gasteiger partial charge < -0.3 is 5.11 Å². The smallest absolute Gasteiger partial charge is 0.248 e. The monoisotopic (exact) mass is 310 g/mol. The Morgan fingerprint density at radius 2 is 2.00 bits per heavy atom. The number of carbonyl (C=O) groups is 1. The maximum absolute atomic E-state index is 12.0. The van der Waals surface area contributed by atoms with Gasteiger partial charge in [0.15, 0.2) is 0 Å². The summed E-state index contributed by atoms with van der Waals surface area (Å²) in [7, 11) is -3.34. The van der Waals surface area contributed by atoms with Crippen molar-refractivity contribution in [1.82, 2.24) is 9.79 Å². The maximum atomic E-state index is 12.0. The van der Waals surface area contributed by atoms with Gasteiger partial charge in [0.1, 0.15) is 6.10 Å². The highest BCUT2D eigenvalue weighted by molar-refractivity contribution is 7.88. The van der Waals surface area contributed by atoms with Gasteiger partial charge in [-0.3, -0.25) is 9.63 Å². The third kappa shape index (κ3) is 8.47. The summed E-state index contributed by atoms with van der Waals surface area (Å²) in [6.07, 6.45) is 1.44.